The minimum atomic E-state index is -2.83. The summed E-state index contributed by atoms with van der Waals surface area (Å²) in [5.74, 6) is -0.906. The molecule has 9 heteroatoms. The number of carbonyl (C=O) groups is 1. The molecule has 1 aromatic carbocycles. The van der Waals surface area contributed by atoms with E-state index in [0.717, 1.165) is 5.56 Å². The Morgan fingerprint density at radius 1 is 1.32 bits per heavy atom. The maximum atomic E-state index is 12.8. The van der Waals surface area contributed by atoms with Gasteiger partial charge in [-0.25, -0.2) is 0 Å². The number of ether oxygens (including phenoxy) is 1. The zero-order valence-electron chi connectivity index (χ0n) is 13.2. The van der Waals surface area contributed by atoms with Crippen molar-refractivity contribution in [3.8, 4) is 11.5 Å². The molecule has 1 aromatic heterocycles. The van der Waals surface area contributed by atoms with Gasteiger partial charge < -0.3 is 19.8 Å². The number of carbonyl (C=O) groups excluding carboxylic acids is 1. The number of halogens is 2. The fourth-order valence-electron chi connectivity index (χ4n) is 3.30. The van der Waals surface area contributed by atoms with Gasteiger partial charge in [0.2, 0.25) is 5.89 Å². The van der Waals surface area contributed by atoms with Crippen LogP contribution in [0.25, 0.3) is 11.5 Å². The molecule has 2 N–H and O–H groups in total. The summed E-state index contributed by atoms with van der Waals surface area (Å²) in [6, 6.07) is 4.76. The summed E-state index contributed by atoms with van der Waals surface area (Å²) >= 11 is 0. The van der Waals surface area contributed by atoms with Gasteiger partial charge in [-0.05, 0) is 24.1 Å². The second kappa shape index (κ2) is 6.16. The summed E-state index contributed by atoms with van der Waals surface area (Å²) in [5.41, 5.74) is 7.89. The fourth-order valence-corrected chi connectivity index (χ4v) is 3.30. The molecule has 1 fully saturated rings. The number of aromatic nitrogens is 2. The predicted octanol–water partition coefficient (Wildman–Crippen LogP) is 1.75. The monoisotopic (exact) mass is 350 g/mol. The summed E-state index contributed by atoms with van der Waals surface area (Å²) in [6.07, 6.45) is -2.14. The zero-order chi connectivity index (χ0) is 17.6. The van der Waals surface area contributed by atoms with Crippen molar-refractivity contribution in [1.29, 1.82) is 0 Å². The Morgan fingerprint density at radius 2 is 2.16 bits per heavy atom. The van der Waals surface area contributed by atoms with Gasteiger partial charge in [0.1, 0.15) is 0 Å². The van der Waals surface area contributed by atoms with Crippen molar-refractivity contribution in [1.82, 2.24) is 15.1 Å². The van der Waals surface area contributed by atoms with Crippen molar-refractivity contribution in [2.45, 2.75) is 31.5 Å². The Bertz CT molecular complexity index is 810. The Hall–Kier alpha value is -2.39. The highest BCUT2D eigenvalue weighted by molar-refractivity contribution is 5.99. The molecule has 25 heavy (non-hydrogen) atoms. The molecule has 0 aliphatic carbocycles. The Kier molecular flexibility index (Phi) is 3.97. The summed E-state index contributed by atoms with van der Waals surface area (Å²) in [6.45, 7) is 1.47. The Balaban J connectivity index is 1.61. The van der Waals surface area contributed by atoms with Gasteiger partial charge in [0, 0.05) is 30.3 Å². The van der Waals surface area contributed by atoms with Crippen LogP contribution >= 0.6 is 0 Å². The molecule has 2 aromatic rings. The van der Waals surface area contributed by atoms with Crippen molar-refractivity contribution >= 4 is 5.91 Å². The van der Waals surface area contributed by atoms with Gasteiger partial charge in [0.25, 0.3) is 11.8 Å². The summed E-state index contributed by atoms with van der Waals surface area (Å²) < 4.78 is 35.5. The maximum Gasteiger partial charge on any atom is 0.314 e. The van der Waals surface area contributed by atoms with Crippen LogP contribution in [0.4, 0.5) is 8.78 Å². The van der Waals surface area contributed by atoms with Gasteiger partial charge in [0.05, 0.1) is 12.6 Å². The van der Waals surface area contributed by atoms with E-state index in [9.17, 15) is 13.6 Å². The number of amides is 1. The first-order valence-corrected chi connectivity index (χ1v) is 7.93. The quantitative estimate of drug-likeness (QED) is 0.906. The van der Waals surface area contributed by atoms with Crippen molar-refractivity contribution in [3.63, 3.8) is 0 Å². The van der Waals surface area contributed by atoms with E-state index in [1.807, 2.05) is 0 Å². The third-order valence-corrected chi connectivity index (χ3v) is 4.58. The first kappa shape index (κ1) is 16.1. The van der Waals surface area contributed by atoms with Gasteiger partial charge in [-0.2, -0.15) is 8.78 Å². The van der Waals surface area contributed by atoms with E-state index >= 15 is 0 Å². The van der Waals surface area contributed by atoms with Crippen LogP contribution in [0, 0.1) is 0 Å². The van der Waals surface area contributed by atoms with Crippen LogP contribution in [0.2, 0.25) is 0 Å². The van der Waals surface area contributed by atoms with E-state index in [4.69, 9.17) is 14.9 Å². The van der Waals surface area contributed by atoms with Crippen LogP contribution in [-0.4, -0.2) is 46.3 Å². The van der Waals surface area contributed by atoms with Gasteiger partial charge >= 0.3 is 6.43 Å². The molecule has 0 saturated carbocycles. The first-order chi connectivity index (χ1) is 12.0. The molecule has 1 saturated heterocycles. The second-order valence-electron chi connectivity index (χ2n) is 6.15. The highest BCUT2D eigenvalue weighted by Crippen LogP contribution is 2.31. The lowest BCUT2D eigenvalue weighted by Crippen LogP contribution is -2.53. The number of benzene rings is 1. The molecule has 7 nitrogen and oxygen atoms in total. The molecule has 0 spiro atoms. The van der Waals surface area contributed by atoms with Crippen LogP contribution in [0.5, 0.6) is 0 Å². The third-order valence-electron chi connectivity index (χ3n) is 4.58. The van der Waals surface area contributed by atoms with Crippen LogP contribution in [-0.2, 0) is 11.3 Å². The van der Waals surface area contributed by atoms with Gasteiger partial charge in [-0.15, -0.1) is 10.2 Å². The number of alkyl halides is 2. The average molecular weight is 350 g/mol. The van der Waals surface area contributed by atoms with Crippen LogP contribution in [0.15, 0.2) is 22.6 Å². The SMILES string of the molecule is N[C@H]1COCC[C@H]1N1Cc2ccc(-c3nnc(C(F)F)o3)cc2C1=O. The van der Waals surface area contributed by atoms with Gasteiger partial charge in [-0.3, -0.25) is 4.79 Å². The van der Waals surface area contributed by atoms with Crippen LogP contribution in [0.3, 0.4) is 0 Å². The van der Waals surface area contributed by atoms with Crippen molar-refractivity contribution in [2.24, 2.45) is 5.73 Å². The number of hydrogen-bond acceptors (Lipinski definition) is 6. The molecular formula is C16H16F2N4O3. The second-order valence-corrected chi connectivity index (χ2v) is 6.15. The lowest BCUT2D eigenvalue weighted by molar-refractivity contribution is 0.0180. The number of rotatable bonds is 3. The minimum Gasteiger partial charge on any atom is -0.415 e. The predicted molar refractivity (Wildman–Crippen MR) is 81.8 cm³/mol. The maximum absolute atomic E-state index is 12.8. The lowest BCUT2D eigenvalue weighted by Gasteiger charge is -2.35. The minimum absolute atomic E-state index is 0.0351. The molecule has 0 unspecified atom stereocenters. The van der Waals surface area contributed by atoms with E-state index in [-0.39, 0.29) is 23.9 Å². The third kappa shape index (κ3) is 2.79. The largest absolute Gasteiger partial charge is 0.415 e. The normalized spacial score (nSPS) is 23.4. The molecule has 2 aliphatic rings. The first-order valence-electron chi connectivity index (χ1n) is 7.93. The zero-order valence-corrected chi connectivity index (χ0v) is 13.2. The lowest BCUT2D eigenvalue weighted by atomic mass is 10.0. The van der Waals surface area contributed by atoms with E-state index in [0.29, 0.717) is 37.3 Å². The highest BCUT2D eigenvalue weighted by Gasteiger charge is 2.37. The van der Waals surface area contributed by atoms with E-state index in [1.54, 1.807) is 23.1 Å². The standard InChI is InChI=1S/C16H16F2N4O3/c17-13(18)15-21-20-14(25-15)8-1-2-9-6-22(16(23)10(9)5-8)12-3-4-24-7-11(12)19/h1-2,5,11-13H,3-4,6-7,19H2/t11-,12+/m0/s1. The summed E-state index contributed by atoms with van der Waals surface area (Å²) in [4.78, 5) is 14.5. The molecule has 2 aliphatic heterocycles. The van der Waals surface area contributed by atoms with E-state index < -0.39 is 12.3 Å². The summed E-state index contributed by atoms with van der Waals surface area (Å²) in [5, 5.41) is 6.93. The average Bonchev–Trinajstić information content (AvgIpc) is 3.21. The summed E-state index contributed by atoms with van der Waals surface area (Å²) in [7, 11) is 0. The number of nitrogens with zero attached hydrogens (tertiary/aromatic N) is 3. The van der Waals surface area contributed by atoms with Gasteiger partial charge in [-0.1, -0.05) is 6.07 Å². The molecule has 0 bridgehead atoms. The molecule has 2 atom stereocenters. The topological polar surface area (TPSA) is 94.5 Å². The van der Waals surface area contributed by atoms with E-state index in [1.165, 1.54) is 0 Å². The van der Waals surface area contributed by atoms with Crippen molar-refractivity contribution in [3.05, 3.63) is 35.2 Å². The molecular weight excluding hydrogens is 334 g/mol. The van der Waals surface area contributed by atoms with Gasteiger partial charge in [0.15, 0.2) is 0 Å². The number of nitrogens with two attached hydrogens (primary N) is 1. The number of fused-ring (bicyclic) bond motifs is 1. The Morgan fingerprint density at radius 3 is 2.88 bits per heavy atom. The fraction of sp³-hybridized carbons (Fsp3) is 0.438. The van der Waals surface area contributed by atoms with Crippen molar-refractivity contribution < 1.29 is 22.7 Å². The highest BCUT2D eigenvalue weighted by atomic mass is 19.3. The van der Waals surface area contributed by atoms with Crippen LogP contribution < -0.4 is 5.73 Å². The van der Waals surface area contributed by atoms with Crippen LogP contribution in [0.1, 0.15) is 34.7 Å². The number of hydrogen-bond donors (Lipinski definition) is 1. The molecule has 4 rings (SSSR count). The molecule has 3 heterocycles. The molecule has 132 valence electrons. The molecule has 0 radical (unpaired) electrons. The van der Waals surface area contributed by atoms with E-state index in [2.05, 4.69) is 10.2 Å². The molecule has 1 amide bonds. The Labute approximate surface area is 141 Å². The van der Waals surface area contributed by atoms with Crippen molar-refractivity contribution in [2.75, 3.05) is 13.2 Å². The smallest absolute Gasteiger partial charge is 0.314 e.